The molecule has 0 saturated heterocycles. The maximum atomic E-state index is 11.8. The lowest BCUT2D eigenvalue weighted by molar-refractivity contribution is 0.0922. The van der Waals surface area contributed by atoms with E-state index in [2.05, 4.69) is 5.32 Å². The molecule has 1 aromatic carbocycles. The number of para-hydroxylation sites is 1. The molecular formula is C16H19NO3. The van der Waals surface area contributed by atoms with Gasteiger partial charge in [0.05, 0.1) is 6.26 Å². The lowest BCUT2D eigenvalue weighted by atomic mass is 10.1. The third kappa shape index (κ3) is 3.88. The van der Waals surface area contributed by atoms with E-state index in [1.54, 1.807) is 12.1 Å². The van der Waals surface area contributed by atoms with Crippen molar-refractivity contribution in [1.29, 1.82) is 0 Å². The Labute approximate surface area is 118 Å². The van der Waals surface area contributed by atoms with Gasteiger partial charge in [-0.3, -0.25) is 4.79 Å². The van der Waals surface area contributed by atoms with Crippen LogP contribution in [0.1, 0.15) is 36.9 Å². The highest BCUT2D eigenvalue weighted by Crippen LogP contribution is 2.22. The number of hydrogen-bond donors (Lipinski definition) is 1. The first-order valence-electron chi connectivity index (χ1n) is 6.54. The molecule has 2 rings (SSSR count). The van der Waals surface area contributed by atoms with E-state index in [1.165, 1.54) is 6.26 Å². The summed E-state index contributed by atoms with van der Waals surface area (Å²) in [4.78, 5) is 11.8. The molecule has 1 amide bonds. The average molecular weight is 273 g/mol. The molecular weight excluding hydrogens is 254 g/mol. The maximum Gasteiger partial charge on any atom is 0.287 e. The summed E-state index contributed by atoms with van der Waals surface area (Å²) in [6.07, 6.45) is 1.48. The highest BCUT2D eigenvalue weighted by Gasteiger charge is 2.15. The SMILES string of the molecule is CC(C)(C)Oc1ccccc1CNC(=O)c1ccco1. The summed E-state index contributed by atoms with van der Waals surface area (Å²) < 4.78 is 10.9. The van der Waals surface area contributed by atoms with E-state index in [1.807, 2.05) is 45.0 Å². The van der Waals surface area contributed by atoms with Crippen molar-refractivity contribution in [1.82, 2.24) is 5.32 Å². The van der Waals surface area contributed by atoms with E-state index in [9.17, 15) is 4.79 Å². The molecule has 0 atom stereocenters. The Bertz CT molecular complexity index is 568. The number of benzene rings is 1. The van der Waals surface area contributed by atoms with Crippen LogP contribution in [0.3, 0.4) is 0 Å². The summed E-state index contributed by atoms with van der Waals surface area (Å²) in [7, 11) is 0. The van der Waals surface area contributed by atoms with Crippen LogP contribution in [0.5, 0.6) is 5.75 Å². The fourth-order valence-electron chi connectivity index (χ4n) is 1.75. The van der Waals surface area contributed by atoms with Gasteiger partial charge >= 0.3 is 0 Å². The molecule has 0 bridgehead atoms. The van der Waals surface area contributed by atoms with Crippen LogP contribution >= 0.6 is 0 Å². The third-order valence-corrected chi connectivity index (χ3v) is 2.57. The van der Waals surface area contributed by atoms with Gasteiger partial charge in [0.1, 0.15) is 11.4 Å². The number of nitrogens with one attached hydrogen (secondary N) is 1. The lowest BCUT2D eigenvalue weighted by Crippen LogP contribution is -2.26. The van der Waals surface area contributed by atoms with Gasteiger partial charge in [0.25, 0.3) is 5.91 Å². The second-order valence-corrected chi connectivity index (χ2v) is 5.48. The average Bonchev–Trinajstić information content (AvgIpc) is 2.89. The summed E-state index contributed by atoms with van der Waals surface area (Å²) >= 11 is 0. The van der Waals surface area contributed by atoms with E-state index >= 15 is 0 Å². The van der Waals surface area contributed by atoms with Crippen LogP contribution in [0.25, 0.3) is 0 Å². The van der Waals surface area contributed by atoms with Crippen LogP contribution in [0.4, 0.5) is 0 Å². The van der Waals surface area contributed by atoms with Gasteiger partial charge in [-0.05, 0) is 39.0 Å². The normalized spacial score (nSPS) is 11.2. The van der Waals surface area contributed by atoms with E-state index in [0.717, 1.165) is 11.3 Å². The number of furan rings is 1. The van der Waals surface area contributed by atoms with Crippen molar-refractivity contribution < 1.29 is 13.9 Å². The number of hydrogen-bond acceptors (Lipinski definition) is 3. The van der Waals surface area contributed by atoms with E-state index in [-0.39, 0.29) is 11.5 Å². The zero-order chi connectivity index (χ0) is 14.6. The summed E-state index contributed by atoms with van der Waals surface area (Å²) in [5, 5.41) is 2.81. The van der Waals surface area contributed by atoms with Crippen molar-refractivity contribution in [3.05, 3.63) is 54.0 Å². The molecule has 20 heavy (non-hydrogen) atoms. The monoisotopic (exact) mass is 273 g/mol. The molecule has 2 aromatic rings. The van der Waals surface area contributed by atoms with Gasteiger partial charge in [-0.25, -0.2) is 0 Å². The minimum Gasteiger partial charge on any atom is -0.488 e. The van der Waals surface area contributed by atoms with Gasteiger partial charge < -0.3 is 14.5 Å². The zero-order valence-corrected chi connectivity index (χ0v) is 12.0. The Morgan fingerprint density at radius 3 is 2.60 bits per heavy atom. The Kier molecular flexibility index (Phi) is 4.13. The molecule has 1 N–H and O–H groups in total. The summed E-state index contributed by atoms with van der Waals surface area (Å²) in [5.74, 6) is 0.847. The van der Waals surface area contributed by atoms with Gasteiger partial charge in [-0.15, -0.1) is 0 Å². The molecule has 0 fully saturated rings. The first-order chi connectivity index (χ1) is 9.46. The minimum atomic E-state index is -0.277. The molecule has 4 nitrogen and oxygen atoms in total. The van der Waals surface area contributed by atoms with Gasteiger partial charge in [0.2, 0.25) is 0 Å². The number of carbonyl (C=O) groups excluding carboxylic acids is 1. The molecule has 4 heteroatoms. The van der Waals surface area contributed by atoms with Gasteiger partial charge in [0.15, 0.2) is 5.76 Å². The Balaban J connectivity index is 2.04. The van der Waals surface area contributed by atoms with Crippen LogP contribution in [0.2, 0.25) is 0 Å². The molecule has 0 unspecified atom stereocenters. The highest BCUT2D eigenvalue weighted by molar-refractivity contribution is 5.91. The lowest BCUT2D eigenvalue weighted by Gasteiger charge is -2.23. The molecule has 0 aliphatic heterocycles. The van der Waals surface area contributed by atoms with E-state index in [0.29, 0.717) is 12.3 Å². The summed E-state index contributed by atoms with van der Waals surface area (Å²) in [6, 6.07) is 11.0. The minimum absolute atomic E-state index is 0.236. The van der Waals surface area contributed by atoms with Crippen LogP contribution in [-0.2, 0) is 6.54 Å². The number of carbonyl (C=O) groups is 1. The van der Waals surface area contributed by atoms with Gasteiger partial charge in [-0.1, -0.05) is 18.2 Å². The Morgan fingerprint density at radius 1 is 1.20 bits per heavy atom. The van der Waals surface area contributed by atoms with E-state index < -0.39 is 0 Å². The third-order valence-electron chi connectivity index (χ3n) is 2.57. The van der Waals surface area contributed by atoms with Crippen molar-refractivity contribution in [2.75, 3.05) is 0 Å². The second kappa shape index (κ2) is 5.82. The molecule has 0 aliphatic rings. The van der Waals surface area contributed by atoms with Crippen molar-refractivity contribution >= 4 is 5.91 Å². The molecule has 106 valence electrons. The predicted molar refractivity (Wildman–Crippen MR) is 76.7 cm³/mol. The first kappa shape index (κ1) is 14.2. The van der Waals surface area contributed by atoms with Gasteiger partial charge in [0, 0.05) is 12.1 Å². The molecule has 0 saturated carbocycles. The number of rotatable bonds is 4. The smallest absolute Gasteiger partial charge is 0.287 e. The van der Waals surface area contributed by atoms with Crippen molar-refractivity contribution in [2.24, 2.45) is 0 Å². The number of amides is 1. The van der Waals surface area contributed by atoms with Crippen LogP contribution < -0.4 is 10.1 Å². The fraction of sp³-hybridized carbons (Fsp3) is 0.312. The Hall–Kier alpha value is -2.23. The molecule has 0 aliphatic carbocycles. The van der Waals surface area contributed by atoms with Crippen molar-refractivity contribution in [2.45, 2.75) is 32.9 Å². The first-order valence-corrected chi connectivity index (χ1v) is 6.54. The van der Waals surface area contributed by atoms with Crippen LogP contribution in [-0.4, -0.2) is 11.5 Å². The fourth-order valence-corrected chi connectivity index (χ4v) is 1.75. The van der Waals surface area contributed by atoms with Gasteiger partial charge in [-0.2, -0.15) is 0 Å². The van der Waals surface area contributed by atoms with Crippen molar-refractivity contribution in [3.8, 4) is 5.75 Å². The topological polar surface area (TPSA) is 51.5 Å². The second-order valence-electron chi connectivity index (χ2n) is 5.48. The van der Waals surface area contributed by atoms with Crippen molar-refractivity contribution in [3.63, 3.8) is 0 Å². The quantitative estimate of drug-likeness (QED) is 0.929. The molecule has 0 spiro atoms. The van der Waals surface area contributed by atoms with Crippen LogP contribution in [0.15, 0.2) is 47.1 Å². The summed E-state index contributed by atoms with van der Waals surface area (Å²) in [5.41, 5.74) is 0.656. The number of ether oxygens (including phenoxy) is 1. The summed E-state index contributed by atoms with van der Waals surface area (Å²) in [6.45, 7) is 6.37. The predicted octanol–water partition coefficient (Wildman–Crippen LogP) is 3.39. The molecule has 0 radical (unpaired) electrons. The zero-order valence-electron chi connectivity index (χ0n) is 12.0. The Morgan fingerprint density at radius 2 is 1.95 bits per heavy atom. The largest absolute Gasteiger partial charge is 0.488 e. The standard InChI is InChI=1S/C16H19NO3/c1-16(2,3)20-13-8-5-4-7-12(13)11-17-15(18)14-9-6-10-19-14/h4-10H,11H2,1-3H3,(H,17,18). The highest BCUT2D eigenvalue weighted by atomic mass is 16.5. The van der Waals surface area contributed by atoms with Crippen LogP contribution in [0, 0.1) is 0 Å². The van der Waals surface area contributed by atoms with E-state index in [4.69, 9.17) is 9.15 Å². The molecule has 1 aromatic heterocycles. The maximum absolute atomic E-state index is 11.8. The molecule has 1 heterocycles.